The van der Waals surface area contributed by atoms with Crippen LogP contribution in [0.15, 0.2) is 6.07 Å². The minimum atomic E-state index is 0.539. The molecule has 0 bridgehead atoms. The van der Waals surface area contributed by atoms with Crippen LogP contribution in [0.4, 0.5) is 0 Å². The van der Waals surface area contributed by atoms with Crippen molar-refractivity contribution in [3.63, 3.8) is 0 Å². The number of hydrogen-bond donors (Lipinski definition) is 0. The Labute approximate surface area is 94.7 Å². The lowest BCUT2D eigenvalue weighted by atomic mass is 9.87. The molecule has 0 heteroatoms. The molecule has 1 rings (SSSR count). The zero-order valence-electron chi connectivity index (χ0n) is 10.8. The smallest absolute Gasteiger partial charge is 0.0105 e. The molecule has 82 valence electrons. The molecule has 1 aromatic rings. The fourth-order valence-electron chi connectivity index (χ4n) is 1.74. The van der Waals surface area contributed by atoms with Crippen LogP contribution in [0.2, 0.25) is 0 Å². The second-order valence-corrected chi connectivity index (χ2v) is 5.16. The van der Waals surface area contributed by atoms with Crippen molar-refractivity contribution < 1.29 is 0 Å². The lowest BCUT2D eigenvalue weighted by Gasteiger charge is -2.17. The van der Waals surface area contributed by atoms with Crippen molar-refractivity contribution in [2.24, 2.45) is 0 Å². The molecule has 0 amide bonds. The van der Waals surface area contributed by atoms with E-state index in [9.17, 15) is 0 Å². The second-order valence-electron chi connectivity index (χ2n) is 5.16. The first-order valence-corrected chi connectivity index (χ1v) is 5.91. The maximum Gasteiger partial charge on any atom is -0.0105 e. The molecule has 0 aliphatic carbocycles. The normalized spacial score (nSPS) is 11.8. The van der Waals surface area contributed by atoms with Crippen LogP contribution in [0.3, 0.4) is 0 Å². The van der Waals surface area contributed by atoms with E-state index in [1.807, 2.05) is 0 Å². The molecule has 2 radical (unpaired) electrons. The van der Waals surface area contributed by atoms with E-state index < -0.39 is 0 Å². The van der Waals surface area contributed by atoms with Gasteiger partial charge in [-0.25, -0.2) is 0 Å². The average molecular weight is 202 g/mol. The van der Waals surface area contributed by atoms with Crippen molar-refractivity contribution in [2.45, 2.75) is 59.3 Å². The molecular weight excluding hydrogens is 180 g/mol. The van der Waals surface area contributed by atoms with E-state index in [2.05, 4.69) is 59.7 Å². The van der Waals surface area contributed by atoms with Crippen LogP contribution in [0, 0.1) is 12.1 Å². The Bertz CT molecular complexity index is 319. The summed E-state index contributed by atoms with van der Waals surface area (Å²) in [6.45, 7) is 13.3. The SMILES string of the molecule is CC(C)c1[c]c(C(C)C)c(C(C)C)[c]c1. The van der Waals surface area contributed by atoms with E-state index in [0.717, 1.165) is 0 Å². The summed E-state index contributed by atoms with van der Waals surface area (Å²) in [5.74, 6) is 1.62. The molecule has 0 saturated carbocycles. The highest BCUT2D eigenvalue weighted by Gasteiger charge is 2.12. The topological polar surface area (TPSA) is 0 Å². The Morgan fingerprint density at radius 2 is 1.33 bits per heavy atom. The van der Waals surface area contributed by atoms with Gasteiger partial charge >= 0.3 is 0 Å². The first kappa shape index (κ1) is 12.3. The fraction of sp³-hybridized carbons (Fsp3) is 0.600. The Morgan fingerprint density at radius 1 is 0.800 bits per heavy atom. The molecule has 0 aliphatic heterocycles. The second kappa shape index (κ2) is 4.83. The summed E-state index contributed by atoms with van der Waals surface area (Å²) in [6, 6.07) is 9.10. The standard InChI is InChI=1S/C15H22/c1-10(2)13-7-8-14(11(3)4)15(9-13)12(5)6/h7,10-12H,1-6H3. The van der Waals surface area contributed by atoms with Crippen LogP contribution in [-0.4, -0.2) is 0 Å². The Balaban J connectivity index is 3.21. The van der Waals surface area contributed by atoms with E-state index in [1.165, 1.54) is 16.7 Å². The monoisotopic (exact) mass is 202 g/mol. The first-order valence-electron chi connectivity index (χ1n) is 5.91. The lowest BCUT2D eigenvalue weighted by molar-refractivity contribution is 0.774. The van der Waals surface area contributed by atoms with E-state index in [4.69, 9.17) is 0 Å². The van der Waals surface area contributed by atoms with Gasteiger partial charge in [0.15, 0.2) is 0 Å². The summed E-state index contributed by atoms with van der Waals surface area (Å²) in [5, 5.41) is 0. The quantitative estimate of drug-likeness (QED) is 0.669. The number of hydrogen-bond acceptors (Lipinski definition) is 0. The van der Waals surface area contributed by atoms with Gasteiger partial charge in [-0.2, -0.15) is 0 Å². The molecule has 0 aliphatic rings. The maximum absolute atomic E-state index is 3.56. The summed E-state index contributed by atoms with van der Waals surface area (Å²) < 4.78 is 0. The third kappa shape index (κ3) is 2.84. The van der Waals surface area contributed by atoms with E-state index >= 15 is 0 Å². The lowest BCUT2D eigenvalue weighted by Crippen LogP contribution is -2.01. The van der Waals surface area contributed by atoms with Gasteiger partial charge in [-0.1, -0.05) is 41.5 Å². The molecule has 0 atom stereocenters. The van der Waals surface area contributed by atoms with Gasteiger partial charge in [-0.3, -0.25) is 0 Å². The molecular formula is C15H22. The summed E-state index contributed by atoms with van der Waals surface area (Å²) in [6.07, 6.45) is 0. The van der Waals surface area contributed by atoms with Crippen LogP contribution in [0.5, 0.6) is 0 Å². The highest BCUT2D eigenvalue weighted by atomic mass is 14.2. The molecule has 0 spiro atoms. The molecule has 0 nitrogen and oxygen atoms in total. The van der Waals surface area contributed by atoms with Gasteiger partial charge in [0, 0.05) is 0 Å². The highest BCUT2D eigenvalue weighted by molar-refractivity contribution is 5.35. The van der Waals surface area contributed by atoms with Crippen LogP contribution in [0.25, 0.3) is 0 Å². The van der Waals surface area contributed by atoms with Gasteiger partial charge in [-0.15, -0.1) is 0 Å². The zero-order chi connectivity index (χ0) is 11.6. The van der Waals surface area contributed by atoms with Gasteiger partial charge in [0.1, 0.15) is 0 Å². The van der Waals surface area contributed by atoms with Crippen molar-refractivity contribution in [3.8, 4) is 0 Å². The van der Waals surface area contributed by atoms with E-state index in [0.29, 0.717) is 17.8 Å². The largest absolute Gasteiger partial charge is 0.0587 e. The molecule has 15 heavy (non-hydrogen) atoms. The van der Waals surface area contributed by atoms with Crippen LogP contribution < -0.4 is 0 Å². The highest BCUT2D eigenvalue weighted by Crippen LogP contribution is 2.28. The predicted molar refractivity (Wildman–Crippen MR) is 66.4 cm³/mol. The van der Waals surface area contributed by atoms with Gasteiger partial charge in [0.2, 0.25) is 0 Å². The summed E-state index contributed by atoms with van der Waals surface area (Å²) in [4.78, 5) is 0. The molecule has 0 unspecified atom stereocenters. The molecule has 1 aromatic carbocycles. The van der Waals surface area contributed by atoms with Crippen LogP contribution in [-0.2, 0) is 0 Å². The molecule has 0 saturated heterocycles. The van der Waals surface area contributed by atoms with Gasteiger partial charge in [0.25, 0.3) is 0 Å². The Morgan fingerprint density at radius 3 is 1.73 bits per heavy atom. The molecule has 0 heterocycles. The van der Waals surface area contributed by atoms with Crippen molar-refractivity contribution in [1.29, 1.82) is 0 Å². The van der Waals surface area contributed by atoms with Gasteiger partial charge < -0.3 is 0 Å². The van der Waals surface area contributed by atoms with Crippen LogP contribution >= 0.6 is 0 Å². The summed E-state index contributed by atoms with van der Waals surface area (Å²) in [5.41, 5.74) is 3.95. The third-order valence-corrected chi connectivity index (χ3v) is 2.73. The third-order valence-electron chi connectivity index (χ3n) is 2.73. The zero-order valence-corrected chi connectivity index (χ0v) is 10.8. The molecule has 0 N–H and O–H groups in total. The Hall–Kier alpha value is -0.780. The van der Waals surface area contributed by atoms with Crippen molar-refractivity contribution in [2.75, 3.05) is 0 Å². The predicted octanol–water partition coefficient (Wildman–Crippen LogP) is 4.66. The summed E-state index contributed by atoms with van der Waals surface area (Å²) >= 11 is 0. The van der Waals surface area contributed by atoms with Crippen molar-refractivity contribution in [3.05, 3.63) is 34.9 Å². The Kier molecular flexibility index (Phi) is 3.96. The maximum atomic E-state index is 3.56. The molecule has 0 aromatic heterocycles. The minimum Gasteiger partial charge on any atom is -0.0587 e. The van der Waals surface area contributed by atoms with Crippen molar-refractivity contribution in [1.82, 2.24) is 0 Å². The van der Waals surface area contributed by atoms with Gasteiger partial charge in [-0.05, 0) is 52.6 Å². The van der Waals surface area contributed by atoms with E-state index in [1.54, 1.807) is 0 Å². The first-order chi connectivity index (χ1) is 6.93. The van der Waals surface area contributed by atoms with Crippen LogP contribution in [0.1, 0.15) is 76.0 Å². The van der Waals surface area contributed by atoms with Gasteiger partial charge in [0.05, 0.1) is 0 Å². The number of rotatable bonds is 3. The summed E-state index contributed by atoms with van der Waals surface area (Å²) in [7, 11) is 0. The number of benzene rings is 1. The average Bonchev–Trinajstić information content (AvgIpc) is 2.16. The fourth-order valence-corrected chi connectivity index (χ4v) is 1.74. The van der Waals surface area contributed by atoms with Crippen molar-refractivity contribution >= 4 is 0 Å². The molecule has 0 fully saturated rings. The van der Waals surface area contributed by atoms with E-state index in [-0.39, 0.29) is 0 Å². The minimum absolute atomic E-state index is 0.539.